The molecule has 1 saturated carbocycles. The van der Waals surface area contributed by atoms with Crippen LogP contribution >= 0.6 is 0 Å². The Morgan fingerprint density at radius 1 is 1.22 bits per heavy atom. The number of hydrogen-bond donors (Lipinski definition) is 1. The molecule has 0 bridgehead atoms. The molecule has 3 heterocycles. The third-order valence-electron chi connectivity index (χ3n) is 5.90. The molecule has 7 heteroatoms. The van der Waals surface area contributed by atoms with E-state index in [-0.39, 0.29) is 10.8 Å². The van der Waals surface area contributed by atoms with Crippen LogP contribution in [0.1, 0.15) is 31.7 Å². The molecule has 138 valence electrons. The first-order chi connectivity index (χ1) is 12.9. The largest absolute Gasteiger partial charge is 0.324 e. The summed E-state index contributed by atoms with van der Waals surface area (Å²) in [7, 11) is -3.75. The van der Waals surface area contributed by atoms with Crippen molar-refractivity contribution < 1.29 is 13.2 Å². The third kappa shape index (κ3) is 2.15. The van der Waals surface area contributed by atoms with Crippen LogP contribution in [0.25, 0.3) is 11.0 Å². The van der Waals surface area contributed by atoms with E-state index in [4.69, 9.17) is 0 Å². The number of carbonyl (C=O) groups is 1. The van der Waals surface area contributed by atoms with Crippen molar-refractivity contribution in [2.45, 2.75) is 36.5 Å². The number of pyridine rings is 1. The predicted octanol–water partition coefficient (Wildman–Crippen LogP) is 3.28. The number of hydrogen-bond acceptors (Lipinski definition) is 4. The van der Waals surface area contributed by atoms with Crippen molar-refractivity contribution >= 4 is 32.7 Å². The molecule has 2 atom stereocenters. The Labute approximate surface area is 157 Å². The molecule has 0 unspecified atom stereocenters. The molecule has 1 aliphatic carbocycles. The molecule has 1 spiro atoms. The van der Waals surface area contributed by atoms with Gasteiger partial charge in [-0.2, -0.15) is 0 Å². The van der Waals surface area contributed by atoms with Gasteiger partial charge >= 0.3 is 0 Å². The van der Waals surface area contributed by atoms with Crippen LogP contribution in [0.3, 0.4) is 0 Å². The van der Waals surface area contributed by atoms with Crippen LogP contribution in [0.15, 0.2) is 53.7 Å². The van der Waals surface area contributed by atoms with Crippen LogP contribution < -0.4 is 5.32 Å². The Morgan fingerprint density at radius 2 is 2.00 bits per heavy atom. The molecule has 27 heavy (non-hydrogen) atoms. The van der Waals surface area contributed by atoms with Gasteiger partial charge in [-0.3, -0.25) is 4.79 Å². The van der Waals surface area contributed by atoms with Crippen LogP contribution in [-0.2, 0) is 20.2 Å². The summed E-state index contributed by atoms with van der Waals surface area (Å²) in [5.74, 6) is 0.467. The summed E-state index contributed by atoms with van der Waals surface area (Å²) in [5.41, 5.74) is 1.41. The van der Waals surface area contributed by atoms with E-state index in [0.29, 0.717) is 17.3 Å². The third-order valence-corrected chi connectivity index (χ3v) is 7.58. The highest BCUT2D eigenvalue weighted by molar-refractivity contribution is 7.90. The van der Waals surface area contributed by atoms with Gasteiger partial charge in [0.2, 0.25) is 5.91 Å². The number of nitrogens with one attached hydrogen (secondary N) is 1. The van der Waals surface area contributed by atoms with Crippen molar-refractivity contribution in [2.75, 3.05) is 5.32 Å². The van der Waals surface area contributed by atoms with Gasteiger partial charge in [0, 0.05) is 17.1 Å². The molecule has 1 N–H and O–H groups in total. The van der Waals surface area contributed by atoms with Gasteiger partial charge in [0.05, 0.1) is 22.2 Å². The second-order valence-corrected chi connectivity index (χ2v) is 9.41. The maximum absolute atomic E-state index is 13.1. The van der Waals surface area contributed by atoms with E-state index in [9.17, 15) is 13.2 Å². The lowest BCUT2D eigenvalue weighted by Gasteiger charge is -2.22. The molecule has 0 saturated heterocycles. The zero-order chi connectivity index (χ0) is 18.8. The Hall–Kier alpha value is -2.67. The lowest BCUT2D eigenvalue weighted by molar-refractivity contribution is -0.120. The summed E-state index contributed by atoms with van der Waals surface area (Å²) in [6.07, 6.45) is 5.67. The summed E-state index contributed by atoms with van der Waals surface area (Å²) in [4.78, 5) is 17.4. The first-order valence-electron chi connectivity index (χ1n) is 9.06. The maximum Gasteiger partial charge on any atom is 0.269 e. The topological polar surface area (TPSA) is 81.1 Å². The molecule has 6 nitrogen and oxygen atoms in total. The molecule has 3 aromatic rings. The van der Waals surface area contributed by atoms with Gasteiger partial charge in [0.25, 0.3) is 10.0 Å². The molecule has 2 aromatic heterocycles. The van der Waals surface area contributed by atoms with Gasteiger partial charge in [0.15, 0.2) is 5.65 Å². The smallest absolute Gasteiger partial charge is 0.269 e. The number of rotatable bonds is 2. The number of amides is 1. The van der Waals surface area contributed by atoms with E-state index < -0.39 is 15.4 Å². The Morgan fingerprint density at radius 3 is 2.70 bits per heavy atom. The molecule has 5 rings (SSSR count). The number of carbonyl (C=O) groups excluding carboxylic acids is 1. The van der Waals surface area contributed by atoms with Crippen molar-refractivity contribution in [3.8, 4) is 0 Å². The first kappa shape index (κ1) is 16.5. The highest BCUT2D eigenvalue weighted by Gasteiger charge is 2.51. The zero-order valence-corrected chi connectivity index (χ0v) is 15.7. The maximum atomic E-state index is 13.1. The van der Waals surface area contributed by atoms with Gasteiger partial charge in [0.1, 0.15) is 0 Å². The van der Waals surface area contributed by atoms with E-state index in [2.05, 4.69) is 17.2 Å². The van der Waals surface area contributed by atoms with Gasteiger partial charge < -0.3 is 5.32 Å². The molecule has 1 fully saturated rings. The lowest BCUT2D eigenvalue weighted by Crippen LogP contribution is -2.31. The minimum Gasteiger partial charge on any atom is -0.324 e. The molecular formula is C20H19N3O3S. The normalized spacial score (nSPS) is 24.5. The van der Waals surface area contributed by atoms with Crippen LogP contribution in [0.5, 0.6) is 0 Å². The molecule has 1 amide bonds. The fourth-order valence-electron chi connectivity index (χ4n) is 4.65. The van der Waals surface area contributed by atoms with Crippen LogP contribution in [0.2, 0.25) is 0 Å². The van der Waals surface area contributed by atoms with Crippen molar-refractivity contribution in [1.82, 2.24) is 8.96 Å². The summed E-state index contributed by atoms with van der Waals surface area (Å²) in [5, 5.41) is 3.70. The second-order valence-electron chi connectivity index (χ2n) is 7.60. The van der Waals surface area contributed by atoms with Gasteiger partial charge in [-0.15, -0.1) is 0 Å². The van der Waals surface area contributed by atoms with E-state index in [0.717, 1.165) is 30.2 Å². The highest BCUT2D eigenvalue weighted by atomic mass is 32.2. The fourth-order valence-corrected chi connectivity index (χ4v) is 5.98. The van der Waals surface area contributed by atoms with Gasteiger partial charge in [-0.25, -0.2) is 17.4 Å². The number of fused-ring (bicyclic) bond motifs is 4. The van der Waals surface area contributed by atoms with E-state index >= 15 is 0 Å². The highest BCUT2D eigenvalue weighted by Crippen LogP contribution is 2.52. The average Bonchev–Trinajstić information content (AvgIpc) is 3.33. The summed E-state index contributed by atoms with van der Waals surface area (Å²) < 4.78 is 27.4. The quantitative estimate of drug-likeness (QED) is 0.739. The minimum absolute atomic E-state index is 0.00909. The van der Waals surface area contributed by atoms with Gasteiger partial charge in [-0.1, -0.05) is 25.1 Å². The number of aromatic nitrogens is 2. The number of nitrogens with zero attached hydrogens (tertiary/aromatic N) is 2. The molecular weight excluding hydrogens is 362 g/mol. The van der Waals surface area contributed by atoms with Gasteiger partial charge in [-0.05, 0) is 43.4 Å². The van der Waals surface area contributed by atoms with Crippen molar-refractivity contribution in [3.63, 3.8) is 0 Å². The lowest BCUT2D eigenvalue weighted by atomic mass is 9.78. The minimum atomic E-state index is -3.75. The SMILES string of the molecule is C[C@H]1CC[C@]2(C1)C(=O)Nc1cnc3c(ccn3S(=O)(=O)c3ccccc3)c12. The molecule has 2 aliphatic rings. The monoisotopic (exact) mass is 381 g/mol. The Bertz CT molecular complexity index is 1180. The molecule has 1 aliphatic heterocycles. The van der Waals surface area contributed by atoms with Crippen LogP contribution in [0, 0.1) is 5.92 Å². The Kier molecular flexibility index (Phi) is 3.31. The van der Waals surface area contributed by atoms with E-state index in [1.54, 1.807) is 42.6 Å². The summed E-state index contributed by atoms with van der Waals surface area (Å²) in [6.45, 7) is 2.16. The van der Waals surface area contributed by atoms with E-state index in [1.807, 2.05) is 0 Å². The molecule has 0 radical (unpaired) electrons. The Balaban J connectivity index is 1.75. The standard InChI is InChI=1S/C20H19N3O3S/c1-13-7-9-20(11-13)17-15-8-10-23(18(15)21-12-16(17)22-19(20)24)27(25,26)14-5-3-2-4-6-14/h2-6,8,10,12-13H,7,9,11H2,1H3,(H,22,24)/t13-,20+/m0/s1. The van der Waals surface area contributed by atoms with E-state index in [1.165, 1.54) is 10.2 Å². The summed E-state index contributed by atoms with van der Waals surface area (Å²) >= 11 is 0. The van der Waals surface area contributed by atoms with Crippen LogP contribution in [-0.4, -0.2) is 23.3 Å². The predicted molar refractivity (Wildman–Crippen MR) is 102 cm³/mol. The number of anilines is 1. The van der Waals surface area contributed by atoms with Crippen molar-refractivity contribution in [1.29, 1.82) is 0 Å². The zero-order valence-electron chi connectivity index (χ0n) is 14.8. The summed E-state index contributed by atoms with van der Waals surface area (Å²) in [6, 6.07) is 10.1. The number of benzene rings is 1. The molecule has 1 aromatic carbocycles. The fraction of sp³-hybridized carbons (Fsp3) is 0.300. The van der Waals surface area contributed by atoms with Crippen molar-refractivity contribution in [3.05, 3.63) is 54.4 Å². The first-order valence-corrected chi connectivity index (χ1v) is 10.5. The van der Waals surface area contributed by atoms with Crippen LogP contribution in [0.4, 0.5) is 5.69 Å². The van der Waals surface area contributed by atoms with Crippen molar-refractivity contribution in [2.24, 2.45) is 5.92 Å². The average molecular weight is 381 g/mol. The second kappa shape index (κ2) is 5.42.